The maximum Gasteiger partial charge on any atom is 0.326 e. The van der Waals surface area contributed by atoms with Gasteiger partial charge in [0.2, 0.25) is 5.91 Å². The van der Waals surface area contributed by atoms with Gasteiger partial charge in [-0.1, -0.05) is 30.3 Å². The number of amides is 1. The van der Waals surface area contributed by atoms with Crippen molar-refractivity contribution in [3.63, 3.8) is 0 Å². The third-order valence-electron chi connectivity index (χ3n) is 4.65. The summed E-state index contributed by atoms with van der Waals surface area (Å²) in [4.78, 5) is 23.5. The topological polar surface area (TPSA) is 66.4 Å². The van der Waals surface area contributed by atoms with Crippen LogP contribution in [-0.4, -0.2) is 23.0 Å². The first-order valence-electron chi connectivity index (χ1n) is 7.35. The number of rotatable bonds is 5. The van der Waals surface area contributed by atoms with E-state index in [0.29, 0.717) is 5.92 Å². The van der Waals surface area contributed by atoms with E-state index in [2.05, 4.69) is 24.0 Å². The lowest BCUT2D eigenvalue weighted by atomic mass is 9.92. The quantitative estimate of drug-likeness (QED) is 0.814. The van der Waals surface area contributed by atoms with Crippen molar-refractivity contribution >= 4 is 11.9 Å². The molecule has 0 spiro atoms. The van der Waals surface area contributed by atoms with Crippen LogP contribution in [0.5, 0.6) is 0 Å². The molecule has 110 valence electrons. The fraction of sp³-hybridized carbons (Fsp3) is 0.412. The molecule has 1 fully saturated rings. The molecule has 4 atom stereocenters. The number of carboxylic acid groups (broad SMARTS) is 1. The second kappa shape index (κ2) is 5.35. The highest BCUT2D eigenvalue weighted by atomic mass is 16.4. The fourth-order valence-electron chi connectivity index (χ4n) is 3.58. The summed E-state index contributed by atoms with van der Waals surface area (Å²) in [7, 11) is 0. The van der Waals surface area contributed by atoms with Crippen LogP contribution in [0.1, 0.15) is 29.9 Å². The first-order valence-corrected chi connectivity index (χ1v) is 7.35. The van der Waals surface area contributed by atoms with E-state index < -0.39 is 12.0 Å². The molecule has 4 heteroatoms. The largest absolute Gasteiger partial charge is 0.480 e. The Morgan fingerprint density at radius 2 is 2.19 bits per heavy atom. The second-order valence-electron chi connectivity index (χ2n) is 5.88. The summed E-state index contributed by atoms with van der Waals surface area (Å²) >= 11 is 0. The molecule has 0 aromatic heterocycles. The molecule has 21 heavy (non-hydrogen) atoms. The van der Waals surface area contributed by atoms with Crippen LogP contribution in [0.4, 0.5) is 0 Å². The Bertz CT molecular complexity index is 595. The van der Waals surface area contributed by atoms with Crippen LogP contribution in [0.2, 0.25) is 0 Å². The van der Waals surface area contributed by atoms with E-state index in [1.807, 2.05) is 12.1 Å². The predicted molar refractivity (Wildman–Crippen MR) is 78.9 cm³/mol. The number of benzene rings is 1. The van der Waals surface area contributed by atoms with Gasteiger partial charge in [-0.3, -0.25) is 4.79 Å². The summed E-state index contributed by atoms with van der Waals surface area (Å²) in [6, 6.07) is 7.38. The van der Waals surface area contributed by atoms with E-state index >= 15 is 0 Å². The Balaban J connectivity index is 1.71. The lowest BCUT2D eigenvalue weighted by Gasteiger charge is -2.13. The average molecular weight is 285 g/mol. The zero-order valence-corrected chi connectivity index (χ0v) is 11.8. The van der Waals surface area contributed by atoms with E-state index in [1.165, 1.54) is 17.2 Å². The van der Waals surface area contributed by atoms with Crippen LogP contribution >= 0.6 is 0 Å². The Hall–Kier alpha value is -2.10. The number of carbonyl (C=O) groups is 2. The van der Waals surface area contributed by atoms with Gasteiger partial charge in [0.1, 0.15) is 6.04 Å². The van der Waals surface area contributed by atoms with Gasteiger partial charge in [0.25, 0.3) is 0 Å². The minimum absolute atomic E-state index is 0.0692. The van der Waals surface area contributed by atoms with Crippen molar-refractivity contribution in [2.75, 3.05) is 0 Å². The number of carbonyl (C=O) groups excluding carboxylic acids is 1. The van der Waals surface area contributed by atoms with Crippen LogP contribution < -0.4 is 5.32 Å². The van der Waals surface area contributed by atoms with E-state index in [1.54, 1.807) is 0 Å². The molecule has 1 amide bonds. The molecule has 2 aliphatic rings. The lowest BCUT2D eigenvalue weighted by molar-refractivity contribution is -0.142. The monoisotopic (exact) mass is 285 g/mol. The fourth-order valence-corrected chi connectivity index (χ4v) is 3.58. The molecule has 1 aromatic carbocycles. The van der Waals surface area contributed by atoms with Crippen molar-refractivity contribution < 1.29 is 14.7 Å². The molecule has 0 aliphatic heterocycles. The first kappa shape index (κ1) is 13.9. The Labute approximate surface area is 123 Å². The third kappa shape index (κ3) is 2.46. The van der Waals surface area contributed by atoms with Crippen molar-refractivity contribution in [1.82, 2.24) is 5.32 Å². The van der Waals surface area contributed by atoms with Crippen molar-refractivity contribution in [1.29, 1.82) is 0 Å². The zero-order valence-electron chi connectivity index (χ0n) is 11.8. The number of nitrogens with one attached hydrogen (secondary N) is 1. The molecule has 1 saturated carbocycles. The standard InChI is InChI=1S/C17H19NO3/c1-2-5-13(17(20)21)18-16(19)15-12-9-8-10-6-3-4-7-11(10)14(12)15/h2-4,6-7,12-15H,1,5,8-9H2,(H,18,19)(H,20,21). The number of fused-ring (bicyclic) bond motifs is 3. The van der Waals surface area contributed by atoms with Crippen LogP contribution in [0.15, 0.2) is 36.9 Å². The van der Waals surface area contributed by atoms with Gasteiger partial charge in [0.15, 0.2) is 0 Å². The minimum atomic E-state index is -1.01. The van der Waals surface area contributed by atoms with Crippen LogP contribution in [0.25, 0.3) is 0 Å². The summed E-state index contributed by atoms with van der Waals surface area (Å²) in [6.45, 7) is 3.54. The number of hydrogen-bond donors (Lipinski definition) is 2. The zero-order chi connectivity index (χ0) is 15.0. The van der Waals surface area contributed by atoms with Crippen molar-refractivity contribution in [2.45, 2.75) is 31.2 Å². The number of aliphatic carboxylic acids is 1. The van der Waals surface area contributed by atoms with Crippen LogP contribution in [-0.2, 0) is 16.0 Å². The molecule has 3 rings (SSSR count). The Kier molecular flexibility index (Phi) is 3.53. The second-order valence-corrected chi connectivity index (χ2v) is 5.88. The Morgan fingerprint density at radius 1 is 1.43 bits per heavy atom. The number of hydrogen-bond acceptors (Lipinski definition) is 2. The molecule has 0 bridgehead atoms. The van der Waals surface area contributed by atoms with Gasteiger partial charge in [-0.15, -0.1) is 6.58 Å². The number of carboxylic acids is 1. The molecule has 2 aliphatic carbocycles. The molecular formula is C17H19NO3. The van der Waals surface area contributed by atoms with E-state index in [-0.39, 0.29) is 24.2 Å². The molecule has 0 heterocycles. The Morgan fingerprint density at radius 3 is 2.90 bits per heavy atom. The third-order valence-corrected chi connectivity index (χ3v) is 4.65. The van der Waals surface area contributed by atoms with Gasteiger partial charge in [-0.25, -0.2) is 4.79 Å². The average Bonchev–Trinajstić information content (AvgIpc) is 3.21. The smallest absolute Gasteiger partial charge is 0.326 e. The van der Waals surface area contributed by atoms with Gasteiger partial charge in [0, 0.05) is 5.92 Å². The lowest BCUT2D eigenvalue weighted by Crippen LogP contribution is -2.41. The van der Waals surface area contributed by atoms with Gasteiger partial charge in [0.05, 0.1) is 0 Å². The molecule has 4 unspecified atom stereocenters. The van der Waals surface area contributed by atoms with Crippen LogP contribution in [0.3, 0.4) is 0 Å². The summed E-state index contributed by atoms with van der Waals surface area (Å²) in [5, 5.41) is 11.8. The van der Waals surface area contributed by atoms with Crippen LogP contribution in [0, 0.1) is 11.8 Å². The minimum Gasteiger partial charge on any atom is -0.480 e. The highest BCUT2D eigenvalue weighted by Crippen LogP contribution is 2.59. The molecule has 1 aromatic rings. The van der Waals surface area contributed by atoms with Crippen molar-refractivity contribution in [3.8, 4) is 0 Å². The van der Waals surface area contributed by atoms with Gasteiger partial charge < -0.3 is 10.4 Å². The molecule has 2 N–H and O–H groups in total. The van der Waals surface area contributed by atoms with Crippen molar-refractivity contribution in [3.05, 3.63) is 48.0 Å². The normalized spacial score (nSPS) is 27.0. The molecule has 0 radical (unpaired) electrons. The predicted octanol–water partition coefficient (Wildman–Crippen LogP) is 2.11. The van der Waals surface area contributed by atoms with Crippen molar-refractivity contribution in [2.24, 2.45) is 11.8 Å². The molecular weight excluding hydrogens is 266 g/mol. The molecule has 4 nitrogen and oxygen atoms in total. The summed E-state index contributed by atoms with van der Waals surface area (Å²) in [5.74, 6) is -0.560. The SMILES string of the molecule is C=CCC(NC(=O)C1C2CCc3ccccc3C21)C(=O)O. The van der Waals surface area contributed by atoms with E-state index in [4.69, 9.17) is 5.11 Å². The summed E-state index contributed by atoms with van der Waals surface area (Å²) in [5.41, 5.74) is 2.60. The first-order chi connectivity index (χ1) is 10.1. The summed E-state index contributed by atoms with van der Waals surface area (Å²) < 4.78 is 0. The molecule has 0 saturated heterocycles. The van der Waals surface area contributed by atoms with Gasteiger partial charge in [-0.2, -0.15) is 0 Å². The highest BCUT2D eigenvalue weighted by molar-refractivity contribution is 5.88. The van der Waals surface area contributed by atoms with E-state index in [9.17, 15) is 9.59 Å². The van der Waals surface area contributed by atoms with Gasteiger partial charge in [-0.05, 0) is 42.2 Å². The summed E-state index contributed by atoms with van der Waals surface area (Å²) in [6.07, 6.45) is 3.79. The highest BCUT2D eigenvalue weighted by Gasteiger charge is 2.57. The maximum atomic E-state index is 12.4. The maximum absolute atomic E-state index is 12.4. The van der Waals surface area contributed by atoms with Gasteiger partial charge >= 0.3 is 5.97 Å². The van der Waals surface area contributed by atoms with E-state index in [0.717, 1.165) is 12.8 Å². The number of aryl methyl sites for hydroxylation is 1.